The van der Waals surface area contributed by atoms with E-state index in [2.05, 4.69) is 0 Å². The molecule has 0 bridgehead atoms. The summed E-state index contributed by atoms with van der Waals surface area (Å²) < 4.78 is 46.5. The van der Waals surface area contributed by atoms with Crippen molar-refractivity contribution in [2.75, 3.05) is 19.1 Å². The summed E-state index contributed by atoms with van der Waals surface area (Å²) in [4.78, 5) is 10.7. The van der Waals surface area contributed by atoms with Crippen molar-refractivity contribution in [3.63, 3.8) is 0 Å². The summed E-state index contributed by atoms with van der Waals surface area (Å²) in [6, 6.07) is 3.72. The molecule has 0 aliphatic carbocycles. The zero-order valence-corrected chi connectivity index (χ0v) is 11.5. The number of hydrogen-bond donors (Lipinski definition) is 1. The molecule has 0 aliphatic heterocycles. The Morgan fingerprint density at radius 3 is 2.06 bits per heavy atom. The fraction of sp³-hybridized carbons (Fsp3) is 0.300. The number of sulfone groups is 2. The second-order valence-corrected chi connectivity index (χ2v) is 7.74. The first-order chi connectivity index (χ1) is 8.09. The predicted molar refractivity (Wildman–Crippen MR) is 66.0 cm³/mol. The summed E-state index contributed by atoms with van der Waals surface area (Å²) in [6.45, 7) is -0.393. The average molecular weight is 291 g/mol. The van der Waals surface area contributed by atoms with Gasteiger partial charge in [-0.05, 0) is 12.1 Å². The molecule has 0 radical (unpaired) electrons. The SMILES string of the molecule is CS(=O)(=O)c1cccc(C(=O)CN)c1S(C)(=O)=O. The van der Waals surface area contributed by atoms with Gasteiger partial charge in [-0.25, -0.2) is 16.8 Å². The lowest BCUT2D eigenvalue weighted by Gasteiger charge is -2.10. The summed E-state index contributed by atoms with van der Waals surface area (Å²) in [5, 5.41) is 0. The standard InChI is InChI=1S/C10H13NO5S2/c1-17(13,14)9-5-3-4-7(8(12)6-11)10(9)18(2,15)16/h3-5H,6,11H2,1-2H3. The van der Waals surface area contributed by atoms with Gasteiger partial charge >= 0.3 is 0 Å². The third kappa shape index (κ3) is 2.95. The number of carbonyl (C=O) groups is 1. The van der Waals surface area contributed by atoms with Gasteiger partial charge in [-0.15, -0.1) is 0 Å². The van der Waals surface area contributed by atoms with Crippen LogP contribution < -0.4 is 5.73 Å². The second-order valence-electron chi connectivity index (χ2n) is 3.80. The molecule has 8 heteroatoms. The Morgan fingerprint density at radius 1 is 1.11 bits per heavy atom. The van der Waals surface area contributed by atoms with Crippen LogP contribution in [0.15, 0.2) is 28.0 Å². The van der Waals surface area contributed by atoms with Gasteiger partial charge in [-0.2, -0.15) is 0 Å². The first-order valence-corrected chi connectivity index (χ1v) is 8.63. The van der Waals surface area contributed by atoms with Gasteiger partial charge < -0.3 is 5.73 Å². The molecule has 0 atom stereocenters. The molecule has 18 heavy (non-hydrogen) atoms. The van der Waals surface area contributed by atoms with E-state index >= 15 is 0 Å². The van der Waals surface area contributed by atoms with E-state index in [1.807, 2.05) is 0 Å². The van der Waals surface area contributed by atoms with Crippen LogP contribution in [-0.2, 0) is 19.7 Å². The van der Waals surface area contributed by atoms with Gasteiger partial charge in [0.2, 0.25) is 0 Å². The summed E-state index contributed by atoms with van der Waals surface area (Å²) in [5.41, 5.74) is 4.99. The molecular formula is C10H13NO5S2. The third-order valence-electron chi connectivity index (χ3n) is 2.23. The molecule has 1 aromatic rings. The molecule has 0 saturated carbocycles. The van der Waals surface area contributed by atoms with Gasteiger partial charge in [0.05, 0.1) is 16.3 Å². The predicted octanol–water partition coefficient (Wildman–Crippen LogP) is -0.365. The lowest BCUT2D eigenvalue weighted by atomic mass is 10.1. The van der Waals surface area contributed by atoms with Crippen LogP contribution in [0.1, 0.15) is 10.4 Å². The van der Waals surface area contributed by atoms with E-state index in [0.717, 1.165) is 18.6 Å². The smallest absolute Gasteiger partial charge is 0.177 e. The van der Waals surface area contributed by atoms with Crippen molar-refractivity contribution in [2.24, 2.45) is 5.73 Å². The number of hydrogen-bond acceptors (Lipinski definition) is 6. The van der Waals surface area contributed by atoms with E-state index in [0.29, 0.717) is 0 Å². The molecule has 0 aromatic heterocycles. The monoisotopic (exact) mass is 291 g/mol. The average Bonchev–Trinajstić information content (AvgIpc) is 2.24. The van der Waals surface area contributed by atoms with Crippen molar-refractivity contribution in [1.29, 1.82) is 0 Å². The molecular weight excluding hydrogens is 278 g/mol. The van der Waals surface area contributed by atoms with Crippen molar-refractivity contribution in [3.05, 3.63) is 23.8 Å². The lowest BCUT2D eigenvalue weighted by Crippen LogP contribution is -2.19. The second kappa shape index (κ2) is 4.79. The van der Waals surface area contributed by atoms with Crippen LogP contribution in [0.4, 0.5) is 0 Å². The highest BCUT2D eigenvalue weighted by molar-refractivity contribution is 7.93. The number of carbonyl (C=O) groups excluding carboxylic acids is 1. The highest BCUT2D eigenvalue weighted by Crippen LogP contribution is 2.25. The van der Waals surface area contributed by atoms with Crippen LogP contribution >= 0.6 is 0 Å². The minimum absolute atomic E-state index is 0.192. The van der Waals surface area contributed by atoms with Crippen molar-refractivity contribution < 1.29 is 21.6 Å². The summed E-state index contributed by atoms with van der Waals surface area (Å²) in [7, 11) is -7.61. The Labute approximate surface area is 106 Å². The van der Waals surface area contributed by atoms with E-state index in [9.17, 15) is 21.6 Å². The van der Waals surface area contributed by atoms with Crippen LogP contribution in [0.3, 0.4) is 0 Å². The maximum atomic E-state index is 11.7. The van der Waals surface area contributed by atoms with E-state index in [1.54, 1.807) is 0 Å². The Balaban J connectivity index is 3.84. The van der Waals surface area contributed by atoms with Gasteiger partial charge in [-0.3, -0.25) is 4.79 Å². The van der Waals surface area contributed by atoms with Crippen molar-refractivity contribution >= 4 is 25.5 Å². The molecule has 0 spiro atoms. The molecule has 0 saturated heterocycles. The van der Waals surface area contributed by atoms with Crippen LogP contribution in [0.5, 0.6) is 0 Å². The van der Waals surface area contributed by atoms with Gasteiger partial charge in [0.1, 0.15) is 0 Å². The quantitative estimate of drug-likeness (QED) is 0.758. The number of benzene rings is 1. The first-order valence-electron chi connectivity index (χ1n) is 4.85. The van der Waals surface area contributed by atoms with Crippen LogP contribution in [0, 0.1) is 0 Å². The maximum Gasteiger partial charge on any atom is 0.177 e. The zero-order chi connectivity index (χ0) is 14.1. The largest absolute Gasteiger partial charge is 0.324 e. The fourth-order valence-corrected chi connectivity index (χ4v) is 4.22. The van der Waals surface area contributed by atoms with Crippen molar-refractivity contribution in [1.82, 2.24) is 0 Å². The van der Waals surface area contributed by atoms with Crippen LogP contribution in [-0.4, -0.2) is 41.7 Å². The summed E-state index contributed by atoms with van der Waals surface area (Å²) >= 11 is 0. The Kier molecular flexibility index (Phi) is 3.94. The molecule has 100 valence electrons. The molecule has 1 rings (SSSR count). The number of Topliss-reactive ketones (excluding diaryl/α,β-unsaturated/α-hetero) is 1. The van der Waals surface area contributed by atoms with Crippen LogP contribution in [0.25, 0.3) is 0 Å². The Morgan fingerprint density at radius 2 is 1.67 bits per heavy atom. The highest BCUT2D eigenvalue weighted by Gasteiger charge is 2.26. The van der Waals surface area contributed by atoms with Gasteiger partial charge in [0, 0.05) is 18.1 Å². The molecule has 1 aromatic carbocycles. The number of ketones is 1. The van der Waals surface area contributed by atoms with Gasteiger partial charge in [0.15, 0.2) is 25.5 Å². The molecule has 0 unspecified atom stereocenters. The molecule has 0 amide bonds. The van der Waals surface area contributed by atoms with E-state index in [1.165, 1.54) is 12.1 Å². The normalized spacial score (nSPS) is 12.4. The maximum absolute atomic E-state index is 11.7. The number of nitrogens with two attached hydrogens (primary N) is 1. The minimum Gasteiger partial charge on any atom is -0.324 e. The molecule has 2 N–H and O–H groups in total. The molecule has 0 aliphatic rings. The summed E-state index contributed by atoms with van der Waals surface area (Å²) in [5.74, 6) is -0.624. The third-order valence-corrected chi connectivity index (χ3v) is 4.68. The summed E-state index contributed by atoms with van der Waals surface area (Å²) in [6.07, 6.45) is 1.73. The molecule has 6 nitrogen and oxygen atoms in total. The topological polar surface area (TPSA) is 111 Å². The number of rotatable bonds is 4. The highest BCUT2D eigenvalue weighted by atomic mass is 32.2. The molecule has 0 fully saturated rings. The van der Waals surface area contributed by atoms with Crippen molar-refractivity contribution in [3.8, 4) is 0 Å². The van der Waals surface area contributed by atoms with E-state index in [4.69, 9.17) is 5.73 Å². The zero-order valence-electron chi connectivity index (χ0n) is 9.87. The lowest BCUT2D eigenvalue weighted by molar-refractivity contribution is 0.0998. The van der Waals surface area contributed by atoms with E-state index in [-0.39, 0.29) is 10.5 Å². The van der Waals surface area contributed by atoms with Gasteiger partial charge in [-0.1, -0.05) is 6.07 Å². The minimum atomic E-state index is -3.86. The van der Waals surface area contributed by atoms with Crippen molar-refractivity contribution in [2.45, 2.75) is 9.79 Å². The first kappa shape index (κ1) is 14.8. The molecule has 0 heterocycles. The van der Waals surface area contributed by atoms with E-state index < -0.39 is 36.9 Å². The van der Waals surface area contributed by atoms with Gasteiger partial charge in [0.25, 0.3) is 0 Å². The Bertz CT molecular complexity index is 689. The Hall–Kier alpha value is -1.25. The van der Waals surface area contributed by atoms with Crippen LogP contribution in [0.2, 0.25) is 0 Å². The fourth-order valence-electron chi connectivity index (χ4n) is 1.52.